The second-order valence-electron chi connectivity index (χ2n) is 5.57. The predicted octanol–water partition coefficient (Wildman–Crippen LogP) is 2.94. The van der Waals surface area contributed by atoms with E-state index in [0.717, 1.165) is 19.6 Å². The molecule has 0 bridgehead atoms. The summed E-state index contributed by atoms with van der Waals surface area (Å²) in [5.41, 5.74) is 0. The van der Waals surface area contributed by atoms with Gasteiger partial charge in [-0.05, 0) is 38.1 Å². The molecule has 0 amide bonds. The second kappa shape index (κ2) is 7.34. The van der Waals surface area contributed by atoms with E-state index in [0.29, 0.717) is 37.6 Å². The Morgan fingerprint density at radius 2 is 1.67 bits per heavy atom. The summed E-state index contributed by atoms with van der Waals surface area (Å²) < 4.78 is 37.4. The van der Waals surface area contributed by atoms with Crippen LogP contribution in [0, 0.1) is 11.8 Å². The van der Waals surface area contributed by atoms with Gasteiger partial charge >= 0.3 is 6.18 Å². The summed E-state index contributed by atoms with van der Waals surface area (Å²) in [4.78, 5) is 0. The lowest BCUT2D eigenvalue weighted by atomic mass is 9.81. The lowest BCUT2D eigenvalue weighted by molar-refractivity contribution is -0.183. The van der Waals surface area contributed by atoms with E-state index in [2.05, 4.69) is 24.5 Å². The van der Waals surface area contributed by atoms with Crippen LogP contribution in [0.1, 0.15) is 39.5 Å². The van der Waals surface area contributed by atoms with Crippen molar-refractivity contribution in [3.05, 3.63) is 0 Å². The molecule has 108 valence electrons. The molecular formula is C13H25F3N2. The van der Waals surface area contributed by atoms with Crippen LogP contribution in [0.2, 0.25) is 0 Å². The fourth-order valence-electron chi connectivity index (χ4n) is 2.45. The number of nitrogens with one attached hydrogen (secondary N) is 2. The molecule has 1 fully saturated rings. The Balaban J connectivity index is 2.06. The minimum absolute atomic E-state index is 0.306. The van der Waals surface area contributed by atoms with Crippen molar-refractivity contribution in [2.75, 3.05) is 19.6 Å². The van der Waals surface area contributed by atoms with Gasteiger partial charge in [-0.25, -0.2) is 0 Å². The molecule has 0 aromatic carbocycles. The summed E-state index contributed by atoms with van der Waals surface area (Å²) in [5, 5.41) is 6.62. The third-order valence-corrected chi connectivity index (χ3v) is 3.60. The van der Waals surface area contributed by atoms with Gasteiger partial charge in [0.1, 0.15) is 0 Å². The topological polar surface area (TPSA) is 24.1 Å². The summed E-state index contributed by atoms with van der Waals surface area (Å²) in [6, 6.07) is 0.481. The largest absolute Gasteiger partial charge is 0.391 e. The van der Waals surface area contributed by atoms with Gasteiger partial charge in [0.05, 0.1) is 5.92 Å². The van der Waals surface area contributed by atoms with Crippen LogP contribution < -0.4 is 10.6 Å². The minimum atomic E-state index is -3.99. The van der Waals surface area contributed by atoms with E-state index in [1.54, 1.807) is 0 Å². The Morgan fingerprint density at radius 3 is 2.17 bits per heavy atom. The number of alkyl halides is 3. The molecule has 1 saturated carbocycles. The van der Waals surface area contributed by atoms with Gasteiger partial charge in [0.25, 0.3) is 0 Å². The molecular weight excluding hydrogens is 241 g/mol. The number of hydrogen-bond acceptors (Lipinski definition) is 2. The fourth-order valence-corrected chi connectivity index (χ4v) is 2.45. The molecule has 2 nitrogen and oxygen atoms in total. The van der Waals surface area contributed by atoms with Gasteiger partial charge in [-0.1, -0.05) is 13.8 Å². The molecule has 0 unspecified atom stereocenters. The van der Waals surface area contributed by atoms with Gasteiger partial charge in [-0.2, -0.15) is 13.2 Å². The van der Waals surface area contributed by atoms with Crippen molar-refractivity contribution in [1.82, 2.24) is 10.6 Å². The van der Waals surface area contributed by atoms with Gasteiger partial charge < -0.3 is 10.6 Å². The van der Waals surface area contributed by atoms with E-state index < -0.39 is 12.1 Å². The molecule has 0 aliphatic heterocycles. The van der Waals surface area contributed by atoms with Gasteiger partial charge in [0.15, 0.2) is 0 Å². The quantitative estimate of drug-likeness (QED) is 0.722. The average molecular weight is 266 g/mol. The van der Waals surface area contributed by atoms with E-state index in [1.165, 1.54) is 0 Å². The average Bonchev–Trinajstić information content (AvgIpc) is 2.27. The highest BCUT2D eigenvalue weighted by Crippen LogP contribution is 2.39. The van der Waals surface area contributed by atoms with E-state index in [-0.39, 0.29) is 0 Å². The first-order chi connectivity index (χ1) is 8.39. The summed E-state index contributed by atoms with van der Waals surface area (Å²) in [6.45, 7) is 6.84. The predicted molar refractivity (Wildman–Crippen MR) is 67.5 cm³/mol. The monoisotopic (exact) mass is 266 g/mol. The lowest BCUT2D eigenvalue weighted by Crippen LogP contribution is -2.35. The van der Waals surface area contributed by atoms with Gasteiger partial charge in [-0.15, -0.1) is 0 Å². The lowest BCUT2D eigenvalue weighted by Gasteiger charge is -2.30. The van der Waals surface area contributed by atoms with Crippen LogP contribution in [-0.2, 0) is 0 Å². The summed E-state index contributed by atoms with van der Waals surface area (Å²) in [5.74, 6) is -0.640. The van der Waals surface area contributed by atoms with Crippen LogP contribution in [-0.4, -0.2) is 31.9 Å². The van der Waals surface area contributed by atoms with Crippen LogP contribution in [0.25, 0.3) is 0 Å². The molecule has 1 aliphatic rings. The van der Waals surface area contributed by atoms with Crippen molar-refractivity contribution in [2.24, 2.45) is 11.8 Å². The minimum Gasteiger partial charge on any atom is -0.315 e. The zero-order chi connectivity index (χ0) is 13.6. The molecule has 0 spiro atoms. The Morgan fingerprint density at radius 1 is 1.06 bits per heavy atom. The normalized spacial score (nSPS) is 25.7. The summed E-state index contributed by atoms with van der Waals surface area (Å²) >= 11 is 0. The first-order valence-electron chi connectivity index (χ1n) is 6.90. The number of halogens is 3. The molecule has 1 aliphatic carbocycles. The zero-order valence-electron chi connectivity index (χ0n) is 11.3. The van der Waals surface area contributed by atoms with Crippen molar-refractivity contribution in [3.8, 4) is 0 Å². The van der Waals surface area contributed by atoms with Crippen LogP contribution in [0.5, 0.6) is 0 Å². The van der Waals surface area contributed by atoms with E-state index in [4.69, 9.17) is 0 Å². The van der Waals surface area contributed by atoms with Crippen LogP contribution >= 0.6 is 0 Å². The maximum atomic E-state index is 12.5. The Hall–Kier alpha value is -0.290. The molecule has 0 aromatic heterocycles. The van der Waals surface area contributed by atoms with Crippen LogP contribution in [0.3, 0.4) is 0 Å². The zero-order valence-corrected chi connectivity index (χ0v) is 11.3. The van der Waals surface area contributed by atoms with Gasteiger partial charge in [-0.3, -0.25) is 0 Å². The highest BCUT2D eigenvalue weighted by atomic mass is 19.4. The highest BCUT2D eigenvalue weighted by molar-refractivity contribution is 4.78. The van der Waals surface area contributed by atoms with Crippen molar-refractivity contribution in [2.45, 2.75) is 51.7 Å². The third-order valence-electron chi connectivity index (χ3n) is 3.60. The number of hydrogen-bond donors (Lipinski definition) is 2. The van der Waals surface area contributed by atoms with Crippen molar-refractivity contribution in [3.63, 3.8) is 0 Å². The summed E-state index contributed by atoms with van der Waals surface area (Å²) in [7, 11) is 0. The van der Waals surface area contributed by atoms with Crippen molar-refractivity contribution in [1.29, 1.82) is 0 Å². The maximum Gasteiger partial charge on any atom is 0.391 e. The molecule has 0 atom stereocenters. The van der Waals surface area contributed by atoms with E-state index in [1.807, 2.05) is 0 Å². The first kappa shape index (κ1) is 15.8. The van der Waals surface area contributed by atoms with Crippen molar-refractivity contribution >= 4 is 0 Å². The van der Waals surface area contributed by atoms with E-state index in [9.17, 15) is 13.2 Å². The first-order valence-corrected chi connectivity index (χ1v) is 6.90. The van der Waals surface area contributed by atoms with Crippen LogP contribution in [0.15, 0.2) is 0 Å². The molecule has 0 saturated heterocycles. The molecule has 5 heteroatoms. The standard InChI is InChI=1S/C13H25F3N2/c1-10(2)18-8-7-17-9-11-3-5-12(6-4-11)13(14,15)16/h10-12,17-18H,3-9H2,1-2H3. The molecule has 0 aromatic rings. The Kier molecular flexibility index (Phi) is 6.43. The third kappa shape index (κ3) is 6.05. The smallest absolute Gasteiger partial charge is 0.315 e. The molecule has 18 heavy (non-hydrogen) atoms. The molecule has 2 N–H and O–H groups in total. The molecule has 0 radical (unpaired) electrons. The summed E-state index contributed by atoms with van der Waals surface area (Å²) in [6.07, 6.45) is -1.97. The van der Waals surface area contributed by atoms with Gasteiger partial charge in [0.2, 0.25) is 0 Å². The SMILES string of the molecule is CC(C)NCCNCC1CCC(C(F)(F)F)CC1. The molecule has 1 rings (SSSR count). The fraction of sp³-hybridized carbons (Fsp3) is 1.00. The van der Waals surface area contributed by atoms with E-state index >= 15 is 0 Å². The number of rotatable bonds is 6. The van der Waals surface area contributed by atoms with Crippen LogP contribution in [0.4, 0.5) is 13.2 Å². The van der Waals surface area contributed by atoms with Gasteiger partial charge in [0, 0.05) is 19.1 Å². The maximum absolute atomic E-state index is 12.5. The molecule has 0 heterocycles. The van der Waals surface area contributed by atoms with Crippen molar-refractivity contribution < 1.29 is 13.2 Å². The highest BCUT2D eigenvalue weighted by Gasteiger charge is 2.41. The second-order valence-corrected chi connectivity index (χ2v) is 5.57. The Labute approximate surface area is 108 Å². The Bertz CT molecular complexity index is 221.